The van der Waals surface area contributed by atoms with E-state index >= 15 is 4.39 Å². The molecule has 8 nitrogen and oxygen atoms in total. The first kappa shape index (κ1) is 30.7. The highest BCUT2D eigenvalue weighted by Gasteiger charge is 2.33. The van der Waals surface area contributed by atoms with Gasteiger partial charge in [0.15, 0.2) is 6.17 Å². The summed E-state index contributed by atoms with van der Waals surface area (Å²) < 4.78 is 41.0. The van der Waals surface area contributed by atoms with Gasteiger partial charge in [-0.15, -0.1) is 0 Å². The molecule has 10 heteroatoms. The minimum Gasteiger partial charge on any atom is -0.497 e. The van der Waals surface area contributed by atoms with Crippen molar-refractivity contribution in [2.75, 3.05) is 34.0 Å². The number of hydrogen-bond acceptors (Lipinski definition) is 6. The number of alkyl halides is 2. The Morgan fingerprint density at radius 3 is 1.93 bits per heavy atom. The number of benzene rings is 4. The van der Waals surface area contributed by atoms with Crippen LogP contribution < -0.4 is 20.1 Å². The van der Waals surface area contributed by atoms with Crippen molar-refractivity contribution in [2.45, 2.75) is 30.7 Å². The van der Waals surface area contributed by atoms with Crippen LogP contribution in [0.15, 0.2) is 72.8 Å². The summed E-state index contributed by atoms with van der Waals surface area (Å²) in [4.78, 5) is 25.3. The molecule has 4 aromatic rings. The van der Waals surface area contributed by atoms with Crippen molar-refractivity contribution in [3.63, 3.8) is 0 Å². The van der Waals surface area contributed by atoms with Crippen molar-refractivity contribution < 1.29 is 38.1 Å². The summed E-state index contributed by atoms with van der Waals surface area (Å²) in [7, 11) is 3.03. The van der Waals surface area contributed by atoms with Crippen LogP contribution in [0.5, 0.6) is 11.5 Å². The summed E-state index contributed by atoms with van der Waals surface area (Å²) >= 11 is 0. The van der Waals surface area contributed by atoms with E-state index in [-0.39, 0.29) is 19.6 Å². The van der Waals surface area contributed by atoms with Crippen LogP contribution in [0.25, 0.3) is 21.5 Å². The first-order valence-corrected chi connectivity index (χ1v) is 13.5. The van der Waals surface area contributed by atoms with E-state index in [1.54, 1.807) is 47.8 Å². The topological polar surface area (TPSA) is 117 Å². The normalized spacial score (nSPS) is 14.1. The van der Waals surface area contributed by atoms with Gasteiger partial charge in [0.05, 0.1) is 20.8 Å². The monoisotopic (exact) mass is 580 g/mol. The van der Waals surface area contributed by atoms with E-state index in [0.717, 1.165) is 21.7 Å². The van der Waals surface area contributed by atoms with Crippen LogP contribution in [0.3, 0.4) is 0 Å². The van der Waals surface area contributed by atoms with Gasteiger partial charge < -0.3 is 30.3 Å². The fourth-order valence-corrected chi connectivity index (χ4v) is 5.12. The zero-order valence-corrected chi connectivity index (χ0v) is 23.3. The molecule has 0 spiro atoms. The average molecular weight is 581 g/mol. The number of ether oxygens (including phenoxy) is 2. The van der Waals surface area contributed by atoms with Gasteiger partial charge in [-0.3, -0.25) is 9.59 Å². The second-order valence-electron chi connectivity index (χ2n) is 9.88. The zero-order chi connectivity index (χ0) is 30.2. The lowest BCUT2D eigenvalue weighted by Crippen LogP contribution is -2.48. The van der Waals surface area contributed by atoms with Crippen molar-refractivity contribution in [3.05, 3.63) is 83.9 Å². The van der Waals surface area contributed by atoms with Crippen LogP contribution >= 0.6 is 0 Å². The summed E-state index contributed by atoms with van der Waals surface area (Å²) in [6.07, 6.45) is -4.90. The fraction of sp³-hybridized carbons (Fsp3) is 0.312. The molecular formula is C32H34F2N2O6. The van der Waals surface area contributed by atoms with Gasteiger partial charge in [-0.05, 0) is 63.4 Å². The first-order valence-electron chi connectivity index (χ1n) is 13.5. The number of carbonyl (C=O) groups excluding carboxylic acids is 2. The molecule has 0 heterocycles. The minimum absolute atomic E-state index is 0.109. The summed E-state index contributed by atoms with van der Waals surface area (Å²) in [5.74, 6) is -3.05. The van der Waals surface area contributed by atoms with Crippen LogP contribution in [0, 0.1) is 0 Å². The van der Waals surface area contributed by atoms with Gasteiger partial charge in [-0.2, -0.15) is 0 Å². The van der Waals surface area contributed by atoms with Gasteiger partial charge in [-0.25, -0.2) is 8.78 Å². The largest absolute Gasteiger partial charge is 0.497 e. The number of amides is 2. The maximum Gasteiger partial charge on any atom is 0.275 e. The van der Waals surface area contributed by atoms with Crippen LogP contribution in [0.4, 0.5) is 8.78 Å². The summed E-state index contributed by atoms with van der Waals surface area (Å²) in [5.41, 5.74) is 1.16. The Morgan fingerprint density at radius 2 is 1.38 bits per heavy atom. The van der Waals surface area contributed by atoms with E-state index in [9.17, 15) is 24.2 Å². The number of carbonyl (C=O) groups is 2. The number of halogens is 2. The van der Waals surface area contributed by atoms with E-state index < -0.39 is 42.7 Å². The lowest BCUT2D eigenvalue weighted by Gasteiger charge is -2.23. The standard InChI is InChI=1S/C32H34F2N2O6/c1-41-22-11-9-19-5-3-7-24(27(19)15-22)21(18-38)17-35-32(40)30(34)36-31(39)29(33)26(13-14-37)25-8-4-6-20-10-12-23(42-2)16-28(20)25/h3-12,15-16,21,26,29-30,37-38H,13-14,17-18H2,1-2H3,(H,35,40)(H,36,39)/t21-,26?,29?,30?/m0/s1. The summed E-state index contributed by atoms with van der Waals surface area (Å²) in [6, 6.07) is 21.4. The third-order valence-corrected chi connectivity index (χ3v) is 7.37. The van der Waals surface area contributed by atoms with Crippen LogP contribution in [-0.2, 0) is 9.59 Å². The van der Waals surface area contributed by atoms with E-state index in [4.69, 9.17) is 9.47 Å². The lowest BCUT2D eigenvalue weighted by molar-refractivity contribution is -0.135. The predicted molar refractivity (Wildman–Crippen MR) is 156 cm³/mol. The van der Waals surface area contributed by atoms with E-state index in [0.29, 0.717) is 22.4 Å². The quantitative estimate of drug-likeness (QED) is 0.177. The molecule has 0 fully saturated rings. The molecule has 4 N–H and O–H groups in total. The number of fused-ring (bicyclic) bond motifs is 2. The van der Waals surface area contributed by atoms with Gasteiger partial charge >= 0.3 is 0 Å². The molecule has 42 heavy (non-hydrogen) atoms. The summed E-state index contributed by atoms with van der Waals surface area (Å²) in [5, 5.41) is 27.0. The van der Waals surface area contributed by atoms with E-state index in [1.165, 1.54) is 14.2 Å². The van der Waals surface area contributed by atoms with Crippen LogP contribution in [-0.4, -0.2) is 68.5 Å². The molecule has 0 radical (unpaired) electrons. The highest BCUT2D eigenvalue weighted by molar-refractivity contribution is 5.91. The molecule has 0 bridgehead atoms. The van der Waals surface area contributed by atoms with Gasteiger partial charge in [-0.1, -0.05) is 48.5 Å². The summed E-state index contributed by atoms with van der Waals surface area (Å²) in [6.45, 7) is -0.891. The molecule has 4 aromatic carbocycles. The smallest absolute Gasteiger partial charge is 0.275 e. The number of aliphatic hydroxyl groups excluding tert-OH is 2. The van der Waals surface area contributed by atoms with Crippen molar-refractivity contribution in [2.24, 2.45) is 0 Å². The number of aliphatic hydroxyl groups is 2. The van der Waals surface area contributed by atoms with Crippen LogP contribution in [0.2, 0.25) is 0 Å². The fourth-order valence-electron chi connectivity index (χ4n) is 5.12. The molecule has 0 saturated carbocycles. The van der Waals surface area contributed by atoms with Gasteiger partial charge in [0.2, 0.25) is 0 Å². The average Bonchev–Trinajstić information content (AvgIpc) is 3.02. The number of rotatable bonds is 13. The first-order chi connectivity index (χ1) is 20.3. The molecule has 4 atom stereocenters. The van der Waals surface area contributed by atoms with Gasteiger partial charge in [0.1, 0.15) is 11.5 Å². The molecule has 222 valence electrons. The third-order valence-electron chi connectivity index (χ3n) is 7.37. The second-order valence-corrected chi connectivity index (χ2v) is 9.88. The molecule has 0 aliphatic rings. The molecule has 2 amide bonds. The van der Waals surface area contributed by atoms with E-state index in [2.05, 4.69) is 5.32 Å². The van der Waals surface area contributed by atoms with Crippen molar-refractivity contribution >= 4 is 33.4 Å². The molecule has 0 aliphatic heterocycles. The highest BCUT2D eigenvalue weighted by atomic mass is 19.1. The van der Waals surface area contributed by atoms with Crippen molar-refractivity contribution in [1.29, 1.82) is 0 Å². The maximum absolute atomic E-state index is 15.6. The Kier molecular flexibility index (Phi) is 10.3. The van der Waals surface area contributed by atoms with Gasteiger partial charge in [0, 0.05) is 25.0 Å². The predicted octanol–water partition coefficient (Wildman–Crippen LogP) is 4.12. The molecule has 3 unspecified atom stereocenters. The SMILES string of the molecule is COc1ccc2cccc(C(CCO)C(F)C(=O)NC(F)C(=O)NC[C@@H](CO)c3cccc4ccc(OC)cc34)c2c1. The van der Waals surface area contributed by atoms with E-state index in [1.807, 2.05) is 30.3 Å². The molecular weight excluding hydrogens is 546 g/mol. The second kappa shape index (κ2) is 14.1. The number of methoxy groups -OCH3 is 2. The Morgan fingerprint density at radius 1 is 0.810 bits per heavy atom. The molecule has 4 rings (SSSR count). The Labute approximate surface area is 242 Å². The van der Waals surface area contributed by atoms with Crippen molar-refractivity contribution in [1.82, 2.24) is 10.6 Å². The number of nitrogens with one attached hydrogen (secondary N) is 2. The maximum atomic E-state index is 15.6. The minimum atomic E-state index is -2.54. The number of hydrogen-bond donors (Lipinski definition) is 4. The highest BCUT2D eigenvalue weighted by Crippen LogP contribution is 2.34. The molecule has 0 aliphatic carbocycles. The van der Waals surface area contributed by atoms with Crippen LogP contribution in [0.1, 0.15) is 29.4 Å². The third kappa shape index (κ3) is 6.78. The zero-order valence-electron chi connectivity index (χ0n) is 23.3. The molecule has 0 aromatic heterocycles. The lowest BCUT2D eigenvalue weighted by atomic mass is 9.87. The van der Waals surface area contributed by atoms with Crippen molar-refractivity contribution in [3.8, 4) is 11.5 Å². The Hall–Kier alpha value is -4.28. The molecule has 0 saturated heterocycles. The Bertz CT molecular complexity index is 1550. The van der Waals surface area contributed by atoms with Gasteiger partial charge in [0.25, 0.3) is 18.1 Å². The Balaban J connectivity index is 1.45.